The van der Waals surface area contributed by atoms with E-state index < -0.39 is 30.1 Å². The Kier molecular flexibility index (Phi) is 7.68. The fraction of sp³-hybridized carbons (Fsp3) is 0.250. The SMILES string of the molecule is CCN(C#N)C(=O)C(Cc1ccc(O)cc1)NC(=O)Nc1ccc(OC(F)(F)F)cc1. The van der Waals surface area contributed by atoms with E-state index in [0.29, 0.717) is 5.56 Å². The molecule has 0 saturated heterocycles. The lowest BCUT2D eigenvalue weighted by atomic mass is 10.0. The van der Waals surface area contributed by atoms with Crippen LogP contribution in [0, 0.1) is 11.5 Å². The van der Waals surface area contributed by atoms with Gasteiger partial charge in [-0.3, -0.25) is 4.79 Å². The van der Waals surface area contributed by atoms with Crippen molar-refractivity contribution < 1.29 is 32.6 Å². The molecule has 0 aromatic heterocycles. The van der Waals surface area contributed by atoms with E-state index in [1.54, 1.807) is 25.2 Å². The van der Waals surface area contributed by atoms with Crippen LogP contribution in [-0.2, 0) is 11.2 Å². The number of urea groups is 1. The summed E-state index contributed by atoms with van der Waals surface area (Å²) in [6.45, 7) is 1.70. The summed E-state index contributed by atoms with van der Waals surface area (Å²) in [5.74, 6) is -1.06. The Bertz CT molecular complexity index is 941. The van der Waals surface area contributed by atoms with Crippen molar-refractivity contribution >= 4 is 17.6 Å². The number of halogens is 3. The van der Waals surface area contributed by atoms with Crippen molar-refractivity contribution in [2.24, 2.45) is 0 Å². The van der Waals surface area contributed by atoms with Gasteiger partial charge in [0.05, 0.1) is 0 Å². The van der Waals surface area contributed by atoms with E-state index in [9.17, 15) is 27.9 Å². The van der Waals surface area contributed by atoms with Crippen LogP contribution in [0.3, 0.4) is 0 Å². The molecule has 0 aliphatic carbocycles. The van der Waals surface area contributed by atoms with Crippen LogP contribution in [0.4, 0.5) is 23.7 Å². The first kappa shape index (κ1) is 23.3. The number of amides is 3. The third kappa shape index (κ3) is 7.43. The highest BCUT2D eigenvalue weighted by atomic mass is 19.4. The summed E-state index contributed by atoms with van der Waals surface area (Å²) >= 11 is 0. The van der Waals surface area contributed by atoms with Gasteiger partial charge in [-0.1, -0.05) is 12.1 Å². The summed E-state index contributed by atoms with van der Waals surface area (Å²) in [5.41, 5.74) is 0.787. The normalized spacial score (nSPS) is 11.7. The van der Waals surface area contributed by atoms with Crippen molar-refractivity contribution in [1.82, 2.24) is 10.2 Å². The number of phenols is 1. The van der Waals surface area contributed by atoms with E-state index in [-0.39, 0.29) is 24.4 Å². The fourth-order valence-electron chi connectivity index (χ4n) is 2.60. The van der Waals surface area contributed by atoms with Crippen molar-refractivity contribution in [1.29, 1.82) is 5.26 Å². The molecule has 2 aromatic rings. The number of carbonyl (C=O) groups is 2. The Morgan fingerprint density at radius 1 is 1.16 bits per heavy atom. The van der Waals surface area contributed by atoms with Crippen LogP contribution in [0.2, 0.25) is 0 Å². The zero-order valence-corrected chi connectivity index (χ0v) is 16.3. The number of carbonyl (C=O) groups excluding carboxylic acids is 2. The van der Waals surface area contributed by atoms with E-state index in [1.165, 1.54) is 24.3 Å². The number of ether oxygens (including phenoxy) is 1. The highest BCUT2D eigenvalue weighted by Gasteiger charge is 2.31. The number of alkyl halides is 3. The van der Waals surface area contributed by atoms with Gasteiger partial charge >= 0.3 is 12.4 Å². The molecule has 0 spiro atoms. The molecule has 31 heavy (non-hydrogen) atoms. The number of hydrogen-bond donors (Lipinski definition) is 3. The molecule has 11 heteroatoms. The molecule has 0 aliphatic heterocycles. The van der Waals surface area contributed by atoms with Gasteiger partial charge in [0.25, 0.3) is 5.91 Å². The predicted octanol–water partition coefficient (Wildman–Crippen LogP) is 3.35. The minimum atomic E-state index is -4.83. The summed E-state index contributed by atoms with van der Waals surface area (Å²) in [5, 5.41) is 23.4. The second kappa shape index (κ2) is 10.2. The average Bonchev–Trinajstić information content (AvgIpc) is 2.70. The van der Waals surface area contributed by atoms with Gasteiger partial charge in [-0.25, -0.2) is 9.69 Å². The maximum absolute atomic E-state index is 12.6. The van der Waals surface area contributed by atoms with Crippen molar-refractivity contribution in [2.45, 2.75) is 25.7 Å². The first-order chi connectivity index (χ1) is 14.6. The molecular weight excluding hydrogens is 417 g/mol. The maximum atomic E-state index is 12.6. The lowest BCUT2D eigenvalue weighted by Gasteiger charge is -2.22. The van der Waals surface area contributed by atoms with Crippen molar-refractivity contribution in [3.8, 4) is 17.7 Å². The number of nitrogens with one attached hydrogen (secondary N) is 2. The molecule has 0 saturated carbocycles. The maximum Gasteiger partial charge on any atom is 0.573 e. The van der Waals surface area contributed by atoms with E-state index in [2.05, 4.69) is 15.4 Å². The van der Waals surface area contributed by atoms with Gasteiger partial charge in [0.2, 0.25) is 0 Å². The lowest BCUT2D eigenvalue weighted by molar-refractivity contribution is -0.274. The van der Waals surface area contributed by atoms with Gasteiger partial charge in [0.15, 0.2) is 6.19 Å². The highest BCUT2D eigenvalue weighted by Crippen LogP contribution is 2.24. The van der Waals surface area contributed by atoms with Gasteiger partial charge < -0.3 is 20.5 Å². The van der Waals surface area contributed by atoms with Crippen LogP contribution in [-0.4, -0.2) is 40.9 Å². The third-order valence-corrected chi connectivity index (χ3v) is 4.03. The number of nitriles is 1. The standard InChI is InChI=1S/C20H19F3N4O4/c1-2-27(12-24)18(29)17(11-13-3-7-15(28)8-4-13)26-19(30)25-14-5-9-16(10-6-14)31-20(21,22)23/h3-10,17,28H,2,11H2,1H3,(H2,25,26,30). The molecule has 1 unspecified atom stereocenters. The van der Waals surface area contributed by atoms with Gasteiger partial charge in [0.1, 0.15) is 17.5 Å². The first-order valence-electron chi connectivity index (χ1n) is 9.03. The Morgan fingerprint density at radius 2 is 1.77 bits per heavy atom. The summed E-state index contributed by atoms with van der Waals surface area (Å²) in [6, 6.07) is 8.53. The zero-order chi connectivity index (χ0) is 23.0. The van der Waals surface area contributed by atoms with Gasteiger partial charge in [-0.2, -0.15) is 5.26 Å². The van der Waals surface area contributed by atoms with E-state index >= 15 is 0 Å². The number of phenolic OH excluding ortho intramolecular Hbond substituents is 1. The average molecular weight is 436 g/mol. The molecule has 164 valence electrons. The summed E-state index contributed by atoms with van der Waals surface area (Å²) in [4.78, 5) is 25.9. The molecule has 0 fully saturated rings. The number of aromatic hydroxyl groups is 1. The molecule has 3 N–H and O–H groups in total. The quantitative estimate of drug-likeness (QED) is 0.455. The fourth-order valence-corrected chi connectivity index (χ4v) is 2.60. The largest absolute Gasteiger partial charge is 0.573 e. The van der Waals surface area contributed by atoms with Crippen LogP contribution in [0.1, 0.15) is 12.5 Å². The van der Waals surface area contributed by atoms with Crippen LogP contribution >= 0.6 is 0 Å². The number of likely N-dealkylation sites (N-methyl/N-ethyl adjacent to an activating group) is 1. The van der Waals surface area contributed by atoms with Gasteiger partial charge in [-0.15, -0.1) is 13.2 Å². The summed E-state index contributed by atoms with van der Waals surface area (Å²) in [7, 11) is 0. The molecule has 0 aliphatic rings. The number of nitrogens with zero attached hydrogens (tertiary/aromatic N) is 2. The molecule has 2 rings (SSSR count). The van der Waals surface area contributed by atoms with Crippen LogP contribution in [0.5, 0.6) is 11.5 Å². The number of anilines is 1. The van der Waals surface area contributed by atoms with Crippen molar-refractivity contribution in [3.05, 3.63) is 54.1 Å². The minimum Gasteiger partial charge on any atom is -0.508 e. The zero-order valence-electron chi connectivity index (χ0n) is 16.3. The molecule has 8 nitrogen and oxygen atoms in total. The Balaban J connectivity index is 2.10. The summed E-state index contributed by atoms with van der Waals surface area (Å²) < 4.78 is 40.4. The van der Waals surface area contributed by atoms with E-state index in [0.717, 1.165) is 17.0 Å². The smallest absolute Gasteiger partial charge is 0.508 e. The third-order valence-electron chi connectivity index (χ3n) is 4.03. The number of hydrogen-bond acceptors (Lipinski definition) is 5. The van der Waals surface area contributed by atoms with Crippen molar-refractivity contribution in [3.63, 3.8) is 0 Å². The first-order valence-corrected chi connectivity index (χ1v) is 9.03. The summed E-state index contributed by atoms with van der Waals surface area (Å²) in [6.07, 6.45) is -3.05. The van der Waals surface area contributed by atoms with Crippen LogP contribution in [0.15, 0.2) is 48.5 Å². The Labute approximate surface area is 175 Å². The van der Waals surface area contributed by atoms with Crippen molar-refractivity contribution in [2.75, 3.05) is 11.9 Å². The number of rotatable bonds is 7. The molecule has 2 aromatic carbocycles. The second-order valence-corrected chi connectivity index (χ2v) is 6.28. The molecule has 0 bridgehead atoms. The van der Waals surface area contributed by atoms with E-state index in [4.69, 9.17) is 5.26 Å². The molecule has 1 atom stereocenters. The molecule has 0 heterocycles. The van der Waals surface area contributed by atoms with Crippen LogP contribution in [0.25, 0.3) is 0 Å². The predicted molar refractivity (Wildman–Crippen MR) is 104 cm³/mol. The minimum absolute atomic E-state index is 0.0301. The van der Waals surface area contributed by atoms with Gasteiger partial charge in [0, 0.05) is 18.7 Å². The van der Waals surface area contributed by atoms with E-state index in [1.807, 2.05) is 0 Å². The second-order valence-electron chi connectivity index (χ2n) is 6.28. The number of benzene rings is 2. The Hall–Kier alpha value is -3.94. The van der Waals surface area contributed by atoms with Gasteiger partial charge in [-0.05, 0) is 48.9 Å². The Morgan fingerprint density at radius 3 is 2.29 bits per heavy atom. The molecule has 0 radical (unpaired) electrons. The highest BCUT2D eigenvalue weighted by molar-refractivity contribution is 5.94. The molecular formula is C20H19F3N4O4. The lowest BCUT2D eigenvalue weighted by Crippen LogP contribution is -2.49. The molecule has 3 amide bonds. The van der Waals surface area contributed by atoms with Crippen LogP contribution < -0.4 is 15.4 Å². The topological polar surface area (TPSA) is 115 Å². The monoisotopic (exact) mass is 436 g/mol.